The fourth-order valence-electron chi connectivity index (χ4n) is 2.64. The van der Waals surface area contributed by atoms with Gasteiger partial charge in [0.15, 0.2) is 5.69 Å². The molecule has 0 saturated heterocycles. The maximum absolute atomic E-state index is 12.5. The van der Waals surface area contributed by atoms with E-state index in [1.165, 1.54) is 6.08 Å². The average Bonchev–Trinajstić information content (AvgIpc) is 3.19. The van der Waals surface area contributed by atoms with Gasteiger partial charge in [0.05, 0.1) is 17.6 Å². The van der Waals surface area contributed by atoms with E-state index in [2.05, 4.69) is 41.3 Å². The summed E-state index contributed by atoms with van der Waals surface area (Å²) in [4.78, 5) is 12.5. The third-order valence-corrected chi connectivity index (χ3v) is 3.96. The third-order valence-electron chi connectivity index (χ3n) is 3.96. The second-order valence-corrected chi connectivity index (χ2v) is 6.92. The van der Waals surface area contributed by atoms with E-state index in [4.69, 9.17) is 0 Å². The van der Waals surface area contributed by atoms with E-state index in [1.54, 1.807) is 17.0 Å². The van der Waals surface area contributed by atoms with Crippen LogP contribution in [0.4, 0.5) is 0 Å². The molecule has 6 nitrogen and oxygen atoms in total. The summed E-state index contributed by atoms with van der Waals surface area (Å²) in [6.45, 7) is 8.12. The average molecular weight is 335 g/mol. The number of nitrogens with zero attached hydrogens (tertiary/aromatic N) is 4. The van der Waals surface area contributed by atoms with Gasteiger partial charge in [-0.05, 0) is 31.2 Å². The Hall–Kier alpha value is -3.02. The van der Waals surface area contributed by atoms with Gasteiger partial charge >= 0.3 is 0 Å². The van der Waals surface area contributed by atoms with Crippen molar-refractivity contribution >= 4 is 11.9 Å². The number of aromatic nitrogens is 5. The molecule has 0 unspecified atom stereocenters. The molecule has 0 aliphatic heterocycles. The zero-order valence-electron chi connectivity index (χ0n) is 14.8. The topological polar surface area (TPSA) is 76.5 Å². The van der Waals surface area contributed by atoms with Gasteiger partial charge in [0.2, 0.25) is 5.78 Å². The summed E-state index contributed by atoms with van der Waals surface area (Å²) in [5, 5.41) is 15.2. The van der Waals surface area contributed by atoms with Gasteiger partial charge in [-0.1, -0.05) is 44.2 Å². The number of hydrogen-bond donors (Lipinski definition) is 1. The summed E-state index contributed by atoms with van der Waals surface area (Å²) >= 11 is 0. The maximum Gasteiger partial charge on any atom is 0.208 e. The summed E-state index contributed by atoms with van der Waals surface area (Å²) in [6, 6.07) is 9.62. The first-order valence-electron chi connectivity index (χ1n) is 8.12. The molecule has 128 valence electrons. The van der Waals surface area contributed by atoms with Crippen molar-refractivity contribution in [3.05, 3.63) is 65.2 Å². The van der Waals surface area contributed by atoms with Gasteiger partial charge in [0.25, 0.3) is 0 Å². The molecule has 0 aliphatic rings. The van der Waals surface area contributed by atoms with Crippen LogP contribution in [-0.2, 0) is 5.41 Å². The normalized spacial score (nSPS) is 12.0. The maximum atomic E-state index is 12.5. The Kier molecular flexibility index (Phi) is 4.35. The van der Waals surface area contributed by atoms with E-state index in [1.807, 2.05) is 37.3 Å². The van der Waals surface area contributed by atoms with Crippen LogP contribution in [-0.4, -0.2) is 31.0 Å². The third kappa shape index (κ3) is 3.42. The standard InChI is InChI=1S/C19H21N5O/c1-13-17(21-23-24(13)15-8-6-5-7-9-15)16(25)11-10-14-12-20-22-18(14)19(2,3)4/h5-12H,1-4H3,(H,20,22)/b11-10+. The van der Waals surface area contributed by atoms with Crippen molar-refractivity contribution in [1.29, 1.82) is 0 Å². The highest BCUT2D eigenvalue weighted by atomic mass is 16.1. The summed E-state index contributed by atoms with van der Waals surface area (Å²) in [5.74, 6) is -0.180. The van der Waals surface area contributed by atoms with E-state index in [9.17, 15) is 4.79 Å². The molecule has 0 amide bonds. The number of para-hydroxylation sites is 1. The van der Waals surface area contributed by atoms with Gasteiger partial charge in [-0.3, -0.25) is 9.89 Å². The molecule has 0 fully saturated rings. The Labute approximate surface area is 146 Å². The zero-order valence-corrected chi connectivity index (χ0v) is 14.8. The predicted molar refractivity (Wildman–Crippen MR) is 96.7 cm³/mol. The molecule has 0 bridgehead atoms. The van der Waals surface area contributed by atoms with Gasteiger partial charge in [-0.2, -0.15) is 5.10 Å². The molecule has 6 heteroatoms. The quantitative estimate of drug-likeness (QED) is 0.585. The van der Waals surface area contributed by atoms with Crippen molar-refractivity contribution in [3.8, 4) is 5.69 Å². The summed E-state index contributed by atoms with van der Waals surface area (Å²) < 4.78 is 1.67. The molecule has 0 spiro atoms. The molecule has 3 aromatic rings. The summed E-state index contributed by atoms with van der Waals surface area (Å²) in [7, 11) is 0. The minimum atomic E-state index is -0.180. The molecule has 2 heterocycles. The lowest BCUT2D eigenvalue weighted by atomic mass is 9.89. The zero-order chi connectivity index (χ0) is 18.0. The van der Waals surface area contributed by atoms with Crippen LogP contribution in [0.1, 0.15) is 48.2 Å². The van der Waals surface area contributed by atoms with Crippen molar-refractivity contribution in [2.45, 2.75) is 33.1 Å². The van der Waals surface area contributed by atoms with Crippen LogP contribution in [0, 0.1) is 6.92 Å². The van der Waals surface area contributed by atoms with Crippen LogP contribution in [0.15, 0.2) is 42.6 Å². The largest absolute Gasteiger partial charge is 0.287 e. The SMILES string of the molecule is Cc1c(C(=O)/C=C/c2cn[nH]c2C(C)(C)C)nnn1-c1ccccc1. The van der Waals surface area contributed by atoms with E-state index in [-0.39, 0.29) is 11.2 Å². The van der Waals surface area contributed by atoms with E-state index in [0.29, 0.717) is 11.4 Å². The Balaban J connectivity index is 1.86. The lowest BCUT2D eigenvalue weighted by molar-refractivity contribution is 0.104. The molecule has 3 rings (SSSR count). The first-order chi connectivity index (χ1) is 11.9. The monoisotopic (exact) mass is 335 g/mol. The minimum absolute atomic E-state index is 0.0778. The number of carbonyl (C=O) groups excluding carboxylic acids is 1. The van der Waals surface area contributed by atoms with Crippen LogP contribution < -0.4 is 0 Å². The first kappa shape index (κ1) is 16.8. The number of hydrogen-bond acceptors (Lipinski definition) is 4. The van der Waals surface area contributed by atoms with E-state index < -0.39 is 0 Å². The van der Waals surface area contributed by atoms with Gasteiger partial charge in [-0.25, -0.2) is 4.68 Å². The van der Waals surface area contributed by atoms with Crippen molar-refractivity contribution in [2.75, 3.05) is 0 Å². The molecule has 1 N–H and O–H groups in total. The molecular weight excluding hydrogens is 314 g/mol. The lowest BCUT2D eigenvalue weighted by Gasteiger charge is -2.17. The van der Waals surface area contributed by atoms with Gasteiger partial charge < -0.3 is 0 Å². The Bertz CT molecular complexity index is 913. The number of carbonyl (C=O) groups is 1. The van der Waals surface area contributed by atoms with E-state index in [0.717, 1.165) is 16.9 Å². The molecular formula is C19H21N5O. The minimum Gasteiger partial charge on any atom is -0.287 e. The number of benzene rings is 1. The number of nitrogens with one attached hydrogen (secondary N) is 1. The molecule has 0 radical (unpaired) electrons. The van der Waals surface area contributed by atoms with Crippen LogP contribution in [0.3, 0.4) is 0 Å². The van der Waals surface area contributed by atoms with Crippen molar-refractivity contribution in [1.82, 2.24) is 25.2 Å². The highest BCUT2D eigenvalue weighted by Gasteiger charge is 2.19. The smallest absolute Gasteiger partial charge is 0.208 e. The van der Waals surface area contributed by atoms with Crippen molar-refractivity contribution in [2.24, 2.45) is 0 Å². The van der Waals surface area contributed by atoms with Crippen molar-refractivity contribution < 1.29 is 4.79 Å². The molecule has 0 atom stereocenters. The summed E-state index contributed by atoms with van der Waals surface area (Å²) in [6.07, 6.45) is 5.01. The lowest BCUT2D eigenvalue weighted by Crippen LogP contribution is -2.13. The molecule has 1 aromatic carbocycles. The second-order valence-electron chi connectivity index (χ2n) is 6.92. The summed E-state index contributed by atoms with van der Waals surface area (Å²) in [5.41, 5.74) is 3.74. The number of ketones is 1. The molecule has 25 heavy (non-hydrogen) atoms. The Morgan fingerprint density at radius 1 is 1.20 bits per heavy atom. The highest BCUT2D eigenvalue weighted by Crippen LogP contribution is 2.24. The number of aromatic amines is 1. The molecule has 2 aromatic heterocycles. The fraction of sp³-hybridized carbons (Fsp3) is 0.263. The van der Waals surface area contributed by atoms with Gasteiger partial charge in [0.1, 0.15) is 0 Å². The van der Waals surface area contributed by atoms with Gasteiger partial charge in [0, 0.05) is 16.7 Å². The number of H-pyrrole nitrogens is 1. The highest BCUT2D eigenvalue weighted by molar-refractivity contribution is 6.06. The van der Waals surface area contributed by atoms with Crippen molar-refractivity contribution in [3.63, 3.8) is 0 Å². The van der Waals surface area contributed by atoms with Gasteiger partial charge in [-0.15, -0.1) is 5.10 Å². The second kappa shape index (κ2) is 6.47. The van der Waals surface area contributed by atoms with Crippen LogP contribution in [0.2, 0.25) is 0 Å². The fourth-order valence-corrected chi connectivity index (χ4v) is 2.64. The first-order valence-corrected chi connectivity index (χ1v) is 8.12. The Morgan fingerprint density at radius 3 is 2.60 bits per heavy atom. The Morgan fingerprint density at radius 2 is 1.92 bits per heavy atom. The number of allylic oxidation sites excluding steroid dienone is 1. The van der Waals surface area contributed by atoms with Crippen LogP contribution in [0.5, 0.6) is 0 Å². The van der Waals surface area contributed by atoms with Crippen LogP contribution in [0.25, 0.3) is 11.8 Å². The predicted octanol–water partition coefficient (Wildman–Crippen LogP) is 3.49. The molecule has 0 saturated carbocycles. The molecule has 0 aliphatic carbocycles. The van der Waals surface area contributed by atoms with Crippen LogP contribution >= 0.6 is 0 Å². The van der Waals surface area contributed by atoms with E-state index >= 15 is 0 Å². The number of rotatable bonds is 4.